The van der Waals surface area contributed by atoms with Gasteiger partial charge in [-0.25, -0.2) is 0 Å². The van der Waals surface area contributed by atoms with Crippen LogP contribution in [0.1, 0.15) is 39.5 Å². The molecule has 0 N–H and O–H groups in total. The molecule has 0 unspecified atom stereocenters. The van der Waals surface area contributed by atoms with E-state index in [1.165, 1.54) is 51.9 Å². The first-order valence-corrected chi connectivity index (χ1v) is 7.74. The number of nitrogens with zero attached hydrogens (tertiary/aromatic N) is 2. The van der Waals surface area contributed by atoms with Crippen molar-refractivity contribution in [3.05, 3.63) is 0 Å². The van der Waals surface area contributed by atoms with Gasteiger partial charge in [0.15, 0.2) is 0 Å². The number of rotatable bonds is 2. The Labute approximate surface area is 111 Å². The van der Waals surface area contributed by atoms with E-state index in [0.717, 1.165) is 25.3 Å². The highest BCUT2D eigenvalue weighted by Gasteiger charge is 2.47. The summed E-state index contributed by atoms with van der Waals surface area (Å²) >= 11 is 0. The molecule has 0 radical (unpaired) electrons. The maximum absolute atomic E-state index is 5.45. The van der Waals surface area contributed by atoms with E-state index in [-0.39, 0.29) is 0 Å². The minimum atomic E-state index is 0.717. The molecule has 0 aromatic rings. The first kappa shape index (κ1) is 12.9. The highest BCUT2D eigenvalue weighted by atomic mass is 16.5. The highest BCUT2D eigenvalue weighted by Crippen LogP contribution is 2.51. The smallest absolute Gasteiger partial charge is 0.0594 e. The first-order valence-electron chi connectivity index (χ1n) is 7.74. The van der Waals surface area contributed by atoms with E-state index < -0.39 is 0 Å². The lowest BCUT2D eigenvalue weighted by atomic mass is 9.60. The van der Waals surface area contributed by atoms with Crippen molar-refractivity contribution in [2.45, 2.75) is 51.6 Å². The lowest BCUT2D eigenvalue weighted by Gasteiger charge is -2.56. The molecule has 2 heterocycles. The van der Waals surface area contributed by atoms with Crippen LogP contribution in [0.25, 0.3) is 0 Å². The third-order valence-electron chi connectivity index (χ3n) is 5.49. The van der Waals surface area contributed by atoms with Crippen LogP contribution in [0, 0.1) is 5.41 Å². The van der Waals surface area contributed by atoms with Gasteiger partial charge in [0.1, 0.15) is 0 Å². The summed E-state index contributed by atoms with van der Waals surface area (Å²) < 4.78 is 5.45. The van der Waals surface area contributed by atoms with Crippen LogP contribution >= 0.6 is 0 Å². The van der Waals surface area contributed by atoms with Gasteiger partial charge in [-0.2, -0.15) is 0 Å². The van der Waals surface area contributed by atoms with E-state index >= 15 is 0 Å². The van der Waals surface area contributed by atoms with Gasteiger partial charge in [-0.15, -0.1) is 0 Å². The van der Waals surface area contributed by atoms with E-state index in [1.807, 2.05) is 0 Å². The zero-order valence-electron chi connectivity index (χ0n) is 12.0. The first-order chi connectivity index (χ1) is 8.69. The molecule has 3 rings (SSSR count). The second-order valence-corrected chi connectivity index (χ2v) is 6.84. The Morgan fingerprint density at radius 3 is 2.17 bits per heavy atom. The van der Waals surface area contributed by atoms with Crippen LogP contribution in [0.2, 0.25) is 0 Å². The Balaban J connectivity index is 1.46. The normalized spacial score (nSPS) is 30.8. The lowest BCUT2D eigenvalue weighted by molar-refractivity contribution is -0.0758. The summed E-state index contributed by atoms with van der Waals surface area (Å²) in [6, 6.07) is 1.61. The standard InChI is InChI=1S/C15H28N2O/c1-13(2)16-5-3-15(4-6-16)11-14(12-15)17-7-9-18-10-8-17/h13-14H,3-12H2,1-2H3. The molecule has 104 valence electrons. The van der Waals surface area contributed by atoms with E-state index in [1.54, 1.807) is 0 Å². The predicted octanol–water partition coefficient (Wildman–Crippen LogP) is 1.97. The SMILES string of the molecule is CC(C)N1CCC2(CC1)CC(N1CCOCC1)C2. The van der Waals surface area contributed by atoms with E-state index in [9.17, 15) is 0 Å². The molecule has 2 aliphatic heterocycles. The predicted molar refractivity (Wildman–Crippen MR) is 73.8 cm³/mol. The molecular formula is C15H28N2O. The Hall–Kier alpha value is -0.120. The number of hydrogen-bond acceptors (Lipinski definition) is 3. The number of piperidine rings is 1. The van der Waals surface area contributed by atoms with Crippen LogP contribution in [0.3, 0.4) is 0 Å². The fraction of sp³-hybridized carbons (Fsp3) is 1.00. The zero-order chi connectivity index (χ0) is 12.6. The molecule has 1 saturated carbocycles. The molecule has 3 nitrogen and oxygen atoms in total. The van der Waals surface area contributed by atoms with Crippen LogP contribution in [-0.4, -0.2) is 61.3 Å². The lowest BCUT2D eigenvalue weighted by Crippen LogP contribution is -2.57. The molecule has 3 heteroatoms. The molecule has 2 saturated heterocycles. The summed E-state index contributed by atoms with van der Waals surface area (Å²) in [6.45, 7) is 11.5. The van der Waals surface area contributed by atoms with E-state index in [4.69, 9.17) is 4.74 Å². The average Bonchev–Trinajstić information content (AvgIpc) is 2.37. The Morgan fingerprint density at radius 2 is 1.61 bits per heavy atom. The Morgan fingerprint density at radius 1 is 1.00 bits per heavy atom. The molecule has 3 fully saturated rings. The van der Waals surface area contributed by atoms with Gasteiger partial charge in [-0.05, 0) is 58.0 Å². The summed E-state index contributed by atoms with van der Waals surface area (Å²) in [7, 11) is 0. The van der Waals surface area contributed by atoms with Gasteiger partial charge in [-0.3, -0.25) is 4.90 Å². The minimum absolute atomic E-state index is 0.717. The monoisotopic (exact) mass is 252 g/mol. The van der Waals surface area contributed by atoms with Crippen molar-refractivity contribution in [2.24, 2.45) is 5.41 Å². The molecule has 3 aliphatic rings. The van der Waals surface area contributed by atoms with Gasteiger partial charge in [0, 0.05) is 25.2 Å². The van der Waals surface area contributed by atoms with E-state index in [0.29, 0.717) is 5.41 Å². The number of hydrogen-bond donors (Lipinski definition) is 0. The zero-order valence-corrected chi connectivity index (χ0v) is 12.0. The average molecular weight is 252 g/mol. The van der Waals surface area contributed by atoms with Crippen LogP contribution in [0.5, 0.6) is 0 Å². The largest absolute Gasteiger partial charge is 0.379 e. The minimum Gasteiger partial charge on any atom is -0.379 e. The second kappa shape index (κ2) is 5.10. The molecule has 1 aliphatic carbocycles. The van der Waals surface area contributed by atoms with Crippen LogP contribution in [0.4, 0.5) is 0 Å². The quantitative estimate of drug-likeness (QED) is 0.747. The van der Waals surface area contributed by atoms with Gasteiger partial charge in [0.25, 0.3) is 0 Å². The van der Waals surface area contributed by atoms with Crippen LogP contribution in [0.15, 0.2) is 0 Å². The van der Waals surface area contributed by atoms with Crippen molar-refractivity contribution in [1.82, 2.24) is 9.80 Å². The Kier molecular flexibility index (Phi) is 3.65. The van der Waals surface area contributed by atoms with Gasteiger partial charge >= 0.3 is 0 Å². The third kappa shape index (κ3) is 2.45. The summed E-state index contributed by atoms with van der Waals surface area (Å²) in [5.74, 6) is 0. The van der Waals surface area contributed by atoms with Crippen LogP contribution < -0.4 is 0 Å². The molecule has 0 aromatic heterocycles. The fourth-order valence-electron chi connectivity index (χ4n) is 4.06. The summed E-state index contributed by atoms with van der Waals surface area (Å²) in [6.07, 6.45) is 5.79. The molecule has 0 atom stereocenters. The molecule has 18 heavy (non-hydrogen) atoms. The third-order valence-corrected chi connectivity index (χ3v) is 5.49. The summed E-state index contributed by atoms with van der Waals surface area (Å²) in [5, 5.41) is 0. The topological polar surface area (TPSA) is 15.7 Å². The van der Waals surface area contributed by atoms with Crippen molar-refractivity contribution in [1.29, 1.82) is 0 Å². The molecule has 0 bridgehead atoms. The van der Waals surface area contributed by atoms with Crippen molar-refractivity contribution in [2.75, 3.05) is 39.4 Å². The van der Waals surface area contributed by atoms with Crippen molar-refractivity contribution in [3.63, 3.8) is 0 Å². The van der Waals surface area contributed by atoms with Gasteiger partial charge in [0.2, 0.25) is 0 Å². The second-order valence-electron chi connectivity index (χ2n) is 6.84. The number of ether oxygens (including phenoxy) is 1. The number of likely N-dealkylation sites (tertiary alicyclic amines) is 1. The van der Waals surface area contributed by atoms with E-state index in [2.05, 4.69) is 23.6 Å². The van der Waals surface area contributed by atoms with Gasteiger partial charge < -0.3 is 9.64 Å². The molecular weight excluding hydrogens is 224 g/mol. The number of morpholine rings is 1. The highest BCUT2D eigenvalue weighted by molar-refractivity contribution is 5.01. The molecule has 0 aromatic carbocycles. The Bertz CT molecular complexity index is 270. The molecule has 1 spiro atoms. The van der Waals surface area contributed by atoms with Gasteiger partial charge in [0.05, 0.1) is 13.2 Å². The summed E-state index contributed by atoms with van der Waals surface area (Å²) in [4.78, 5) is 5.32. The maximum Gasteiger partial charge on any atom is 0.0594 e. The van der Waals surface area contributed by atoms with Crippen molar-refractivity contribution in [3.8, 4) is 0 Å². The van der Waals surface area contributed by atoms with Crippen LogP contribution in [-0.2, 0) is 4.74 Å². The van der Waals surface area contributed by atoms with Crippen molar-refractivity contribution < 1.29 is 4.74 Å². The maximum atomic E-state index is 5.45. The molecule has 0 amide bonds. The fourth-order valence-corrected chi connectivity index (χ4v) is 4.06. The van der Waals surface area contributed by atoms with Crippen molar-refractivity contribution >= 4 is 0 Å². The summed E-state index contributed by atoms with van der Waals surface area (Å²) in [5.41, 5.74) is 0.717. The van der Waals surface area contributed by atoms with Gasteiger partial charge in [-0.1, -0.05) is 0 Å².